The van der Waals surface area contributed by atoms with Crippen molar-refractivity contribution in [1.29, 1.82) is 0 Å². The molecule has 0 saturated carbocycles. The Bertz CT molecular complexity index is 401. The molecule has 1 aliphatic rings. The second-order valence-electron chi connectivity index (χ2n) is 5.32. The number of piperidine rings is 1. The molecule has 19 heavy (non-hydrogen) atoms. The number of benzene rings is 1. The minimum Gasteiger partial charge on any atom is -0.504 e. The highest BCUT2D eigenvalue weighted by Gasteiger charge is 2.17. The highest BCUT2D eigenvalue weighted by atomic mass is 16.3. The van der Waals surface area contributed by atoms with Crippen LogP contribution in [0, 0.1) is 0 Å². The van der Waals surface area contributed by atoms with Gasteiger partial charge in [0.25, 0.3) is 0 Å². The first kappa shape index (κ1) is 14.2. The number of nitrogens with zero attached hydrogens (tertiary/aromatic N) is 1. The van der Waals surface area contributed by atoms with Crippen molar-refractivity contribution in [3.05, 3.63) is 23.8 Å². The van der Waals surface area contributed by atoms with Crippen LogP contribution in [0.2, 0.25) is 0 Å². The smallest absolute Gasteiger partial charge is 0.157 e. The summed E-state index contributed by atoms with van der Waals surface area (Å²) >= 11 is 0. The first-order valence-electron chi connectivity index (χ1n) is 7.15. The molecular weight excluding hydrogens is 240 g/mol. The number of hydrogen-bond acceptors (Lipinski definition) is 4. The number of rotatable bonds is 5. The van der Waals surface area contributed by atoms with E-state index in [9.17, 15) is 10.2 Å². The molecule has 0 spiro atoms. The molecule has 4 heteroatoms. The standard InChI is InChI=1S/C15H24N2O2/c1-2-7-17-8-5-13(6-9-17)16-11-12-3-4-14(18)15(19)10-12/h3-4,10,13,16,18-19H,2,5-9,11H2,1H3. The van der Waals surface area contributed by atoms with Crippen LogP contribution in [-0.4, -0.2) is 40.8 Å². The summed E-state index contributed by atoms with van der Waals surface area (Å²) in [5.41, 5.74) is 1.01. The Kier molecular flexibility index (Phi) is 5.05. The molecule has 0 bridgehead atoms. The minimum absolute atomic E-state index is 0.0444. The topological polar surface area (TPSA) is 55.7 Å². The summed E-state index contributed by atoms with van der Waals surface area (Å²) < 4.78 is 0. The first-order valence-corrected chi connectivity index (χ1v) is 7.15. The highest BCUT2D eigenvalue weighted by molar-refractivity contribution is 5.40. The van der Waals surface area contributed by atoms with Crippen molar-refractivity contribution in [3.8, 4) is 11.5 Å². The van der Waals surface area contributed by atoms with Gasteiger partial charge >= 0.3 is 0 Å². The summed E-state index contributed by atoms with van der Waals surface area (Å²) in [6.07, 6.45) is 3.60. The molecule has 0 atom stereocenters. The van der Waals surface area contributed by atoms with Gasteiger partial charge in [-0.15, -0.1) is 0 Å². The second kappa shape index (κ2) is 6.78. The molecular formula is C15H24N2O2. The Morgan fingerprint density at radius 3 is 2.58 bits per heavy atom. The Morgan fingerprint density at radius 2 is 1.95 bits per heavy atom. The zero-order valence-corrected chi connectivity index (χ0v) is 11.6. The van der Waals surface area contributed by atoms with Crippen LogP contribution in [0.25, 0.3) is 0 Å². The Labute approximate surface area is 115 Å². The highest BCUT2D eigenvalue weighted by Crippen LogP contribution is 2.24. The molecule has 0 aromatic heterocycles. The van der Waals surface area contributed by atoms with Gasteiger partial charge in [0.15, 0.2) is 11.5 Å². The van der Waals surface area contributed by atoms with Gasteiger partial charge in [0, 0.05) is 12.6 Å². The average molecular weight is 264 g/mol. The third-order valence-corrected chi connectivity index (χ3v) is 3.76. The van der Waals surface area contributed by atoms with E-state index in [1.165, 1.54) is 45.0 Å². The van der Waals surface area contributed by atoms with Crippen LogP contribution in [0.5, 0.6) is 11.5 Å². The summed E-state index contributed by atoms with van der Waals surface area (Å²) in [7, 11) is 0. The maximum Gasteiger partial charge on any atom is 0.157 e. The van der Waals surface area contributed by atoms with Gasteiger partial charge in [-0.05, 0) is 56.6 Å². The second-order valence-corrected chi connectivity index (χ2v) is 5.32. The van der Waals surface area contributed by atoms with Crippen LogP contribution in [0.1, 0.15) is 31.7 Å². The Balaban J connectivity index is 1.75. The molecule has 1 aromatic carbocycles. The van der Waals surface area contributed by atoms with E-state index < -0.39 is 0 Å². The zero-order valence-electron chi connectivity index (χ0n) is 11.6. The van der Waals surface area contributed by atoms with Crippen LogP contribution >= 0.6 is 0 Å². The third-order valence-electron chi connectivity index (χ3n) is 3.76. The molecule has 1 saturated heterocycles. The maximum atomic E-state index is 9.45. The van der Waals surface area contributed by atoms with Crippen LogP contribution in [0.3, 0.4) is 0 Å². The molecule has 0 amide bonds. The maximum absolute atomic E-state index is 9.45. The number of hydrogen-bond donors (Lipinski definition) is 3. The van der Waals surface area contributed by atoms with Gasteiger partial charge in [-0.2, -0.15) is 0 Å². The molecule has 0 unspecified atom stereocenters. The normalized spacial score (nSPS) is 17.7. The fourth-order valence-electron chi connectivity index (χ4n) is 2.62. The zero-order chi connectivity index (χ0) is 13.7. The number of aromatic hydroxyl groups is 2. The van der Waals surface area contributed by atoms with E-state index in [1.807, 2.05) is 6.07 Å². The van der Waals surface area contributed by atoms with Gasteiger partial charge in [-0.25, -0.2) is 0 Å². The van der Waals surface area contributed by atoms with Crippen LogP contribution in [0.4, 0.5) is 0 Å². The lowest BCUT2D eigenvalue weighted by molar-refractivity contribution is 0.197. The molecule has 1 aromatic rings. The predicted octanol–water partition coefficient (Wildman–Crippen LogP) is 2.06. The van der Waals surface area contributed by atoms with E-state index in [0.29, 0.717) is 6.04 Å². The molecule has 1 fully saturated rings. The number of nitrogens with one attached hydrogen (secondary N) is 1. The fourth-order valence-corrected chi connectivity index (χ4v) is 2.62. The summed E-state index contributed by atoms with van der Waals surface area (Å²) in [4.78, 5) is 2.52. The Hall–Kier alpha value is -1.26. The van der Waals surface area contributed by atoms with Crippen LogP contribution < -0.4 is 5.32 Å². The monoisotopic (exact) mass is 264 g/mol. The van der Waals surface area contributed by atoms with Gasteiger partial charge < -0.3 is 20.4 Å². The molecule has 1 aliphatic heterocycles. The Morgan fingerprint density at radius 1 is 1.21 bits per heavy atom. The molecule has 4 nitrogen and oxygen atoms in total. The van der Waals surface area contributed by atoms with E-state index >= 15 is 0 Å². The van der Waals surface area contributed by atoms with Crippen LogP contribution in [0.15, 0.2) is 18.2 Å². The fraction of sp³-hybridized carbons (Fsp3) is 0.600. The molecule has 0 aliphatic carbocycles. The third kappa shape index (κ3) is 4.11. The van der Waals surface area contributed by atoms with Gasteiger partial charge in [-0.1, -0.05) is 13.0 Å². The van der Waals surface area contributed by atoms with Gasteiger partial charge in [0.05, 0.1) is 0 Å². The summed E-state index contributed by atoms with van der Waals surface area (Å²) in [5.74, 6) is -0.103. The number of phenolic OH excluding ortho intramolecular Hbond substituents is 2. The SMILES string of the molecule is CCCN1CCC(NCc2ccc(O)c(O)c2)CC1. The van der Waals surface area contributed by atoms with Crippen LogP contribution in [-0.2, 0) is 6.54 Å². The van der Waals surface area contributed by atoms with E-state index in [-0.39, 0.29) is 11.5 Å². The van der Waals surface area contributed by atoms with Crippen molar-refractivity contribution >= 4 is 0 Å². The lowest BCUT2D eigenvalue weighted by Gasteiger charge is -2.32. The molecule has 106 valence electrons. The van der Waals surface area contributed by atoms with Crippen molar-refractivity contribution < 1.29 is 10.2 Å². The molecule has 1 heterocycles. The number of likely N-dealkylation sites (tertiary alicyclic amines) is 1. The van der Waals surface area contributed by atoms with E-state index in [0.717, 1.165) is 12.1 Å². The largest absolute Gasteiger partial charge is 0.504 e. The van der Waals surface area contributed by atoms with E-state index in [4.69, 9.17) is 0 Å². The van der Waals surface area contributed by atoms with Crippen molar-refractivity contribution in [2.45, 2.75) is 38.8 Å². The van der Waals surface area contributed by atoms with Gasteiger partial charge in [0.1, 0.15) is 0 Å². The molecule has 2 rings (SSSR count). The lowest BCUT2D eigenvalue weighted by Crippen LogP contribution is -2.42. The average Bonchev–Trinajstić information content (AvgIpc) is 2.42. The summed E-state index contributed by atoms with van der Waals surface area (Å²) in [5, 5.41) is 22.2. The lowest BCUT2D eigenvalue weighted by atomic mass is 10.0. The molecule has 3 N–H and O–H groups in total. The van der Waals surface area contributed by atoms with Gasteiger partial charge in [0.2, 0.25) is 0 Å². The summed E-state index contributed by atoms with van der Waals surface area (Å²) in [6.45, 7) is 6.52. The minimum atomic E-state index is -0.0587. The predicted molar refractivity (Wildman–Crippen MR) is 76.4 cm³/mol. The first-order chi connectivity index (χ1) is 9.19. The van der Waals surface area contributed by atoms with Gasteiger partial charge in [-0.3, -0.25) is 0 Å². The number of phenols is 2. The molecule has 0 radical (unpaired) electrons. The quantitative estimate of drug-likeness (QED) is 0.713. The van der Waals surface area contributed by atoms with Crippen molar-refractivity contribution in [1.82, 2.24) is 10.2 Å². The van der Waals surface area contributed by atoms with Crippen molar-refractivity contribution in [2.24, 2.45) is 0 Å². The van der Waals surface area contributed by atoms with E-state index in [1.54, 1.807) is 6.07 Å². The van der Waals surface area contributed by atoms with Crippen molar-refractivity contribution in [2.75, 3.05) is 19.6 Å². The van der Waals surface area contributed by atoms with Crippen molar-refractivity contribution in [3.63, 3.8) is 0 Å². The summed E-state index contributed by atoms with van der Waals surface area (Å²) in [6, 6.07) is 5.56. The van der Waals surface area contributed by atoms with E-state index in [2.05, 4.69) is 17.1 Å².